The summed E-state index contributed by atoms with van der Waals surface area (Å²) in [5.41, 5.74) is 1.82. The fourth-order valence-corrected chi connectivity index (χ4v) is 3.58. The molecule has 1 fully saturated rings. The van der Waals surface area contributed by atoms with Crippen molar-refractivity contribution in [1.82, 2.24) is 10.2 Å². The Kier molecular flexibility index (Phi) is 5.83. The molecule has 0 spiro atoms. The monoisotopic (exact) mass is 288 g/mol. The van der Waals surface area contributed by atoms with E-state index < -0.39 is 0 Å². The van der Waals surface area contributed by atoms with Gasteiger partial charge in [0.05, 0.1) is 0 Å². The van der Waals surface area contributed by atoms with Crippen LogP contribution < -0.4 is 5.32 Å². The average molecular weight is 288 g/mol. The summed E-state index contributed by atoms with van der Waals surface area (Å²) in [6.45, 7) is 14.0. The summed E-state index contributed by atoms with van der Waals surface area (Å²) in [5.74, 6) is 0.826. The third-order valence-electron chi connectivity index (χ3n) is 4.40. The van der Waals surface area contributed by atoms with Crippen LogP contribution in [0.5, 0.6) is 0 Å². The Morgan fingerprint density at radius 3 is 2.48 bits per heavy atom. The zero-order valence-electron chi connectivity index (χ0n) is 14.2. The highest BCUT2D eigenvalue weighted by molar-refractivity contribution is 5.14. The molecule has 0 radical (unpaired) electrons. The van der Waals surface area contributed by atoms with Gasteiger partial charge in [-0.15, -0.1) is 0 Å². The van der Waals surface area contributed by atoms with Crippen molar-refractivity contribution in [2.45, 2.75) is 53.1 Å². The second kappa shape index (κ2) is 7.42. The zero-order chi connectivity index (χ0) is 15.3. The third kappa shape index (κ3) is 5.80. The fraction of sp³-hybridized carbons (Fsp3) is 0.684. The highest BCUT2D eigenvalue weighted by Crippen LogP contribution is 2.30. The quantitative estimate of drug-likeness (QED) is 0.883. The van der Waals surface area contributed by atoms with Gasteiger partial charge in [0.15, 0.2) is 0 Å². The first-order valence-corrected chi connectivity index (χ1v) is 8.46. The SMILES string of the molecule is CCN1CC(CC(C)(C)C)CC(NCc2ccccc2)C1. The molecule has 2 rings (SSSR count). The predicted molar refractivity (Wildman–Crippen MR) is 91.4 cm³/mol. The molecular weight excluding hydrogens is 256 g/mol. The van der Waals surface area contributed by atoms with Crippen LogP contribution in [-0.2, 0) is 6.54 Å². The van der Waals surface area contributed by atoms with Gasteiger partial charge in [0.1, 0.15) is 0 Å². The van der Waals surface area contributed by atoms with Crippen LogP contribution in [0.1, 0.15) is 46.1 Å². The summed E-state index contributed by atoms with van der Waals surface area (Å²) >= 11 is 0. The van der Waals surface area contributed by atoms with Gasteiger partial charge in [-0.2, -0.15) is 0 Å². The molecule has 1 aromatic rings. The van der Waals surface area contributed by atoms with E-state index in [1.807, 2.05) is 0 Å². The standard InChI is InChI=1S/C19H32N2/c1-5-21-14-17(12-19(2,3)4)11-18(15-21)20-13-16-9-7-6-8-10-16/h6-10,17-18,20H,5,11-15H2,1-4H3. The van der Waals surface area contributed by atoms with Crippen LogP contribution in [0.25, 0.3) is 0 Å². The lowest BCUT2D eigenvalue weighted by Crippen LogP contribution is -2.49. The Balaban J connectivity index is 1.89. The molecule has 1 aliphatic rings. The van der Waals surface area contributed by atoms with Gasteiger partial charge in [-0.1, -0.05) is 58.0 Å². The topological polar surface area (TPSA) is 15.3 Å². The largest absolute Gasteiger partial charge is 0.309 e. The van der Waals surface area contributed by atoms with E-state index in [-0.39, 0.29) is 0 Å². The minimum atomic E-state index is 0.436. The van der Waals surface area contributed by atoms with Crippen LogP contribution in [0.3, 0.4) is 0 Å². The van der Waals surface area contributed by atoms with Gasteiger partial charge < -0.3 is 10.2 Å². The smallest absolute Gasteiger partial charge is 0.0208 e. The van der Waals surface area contributed by atoms with Crippen molar-refractivity contribution in [3.8, 4) is 0 Å². The van der Waals surface area contributed by atoms with Crippen molar-refractivity contribution in [1.29, 1.82) is 0 Å². The molecule has 2 atom stereocenters. The number of benzene rings is 1. The Labute approximate surface area is 130 Å². The molecule has 0 bridgehead atoms. The Hall–Kier alpha value is -0.860. The number of nitrogens with zero attached hydrogens (tertiary/aromatic N) is 1. The van der Waals surface area contributed by atoms with Crippen LogP contribution >= 0.6 is 0 Å². The number of hydrogen-bond donors (Lipinski definition) is 1. The lowest BCUT2D eigenvalue weighted by Gasteiger charge is -2.40. The zero-order valence-corrected chi connectivity index (χ0v) is 14.2. The van der Waals surface area contributed by atoms with Gasteiger partial charge in [-0.3, -0.25) is 0 Å². The maximum Gasteiger partial charge on any atom is 0.0208 e. The van der Waals surface area contributed by atoms with Crippen LogP contribution in [0.2, 0.25) is 0 Å². The van der Waals surface area contributed by atoms with Crippen LogP contribution in [-0.4, -0.2) is 30.6 Å². The molecule has 2 heteroatoms. The van der Waals surface area contributed by atoms with Crippen molar-refractivity contribution in [3.05, 3.63) is 35.9 Å². The van der Waals surface area contributed by atoms with E-state index in [0.29, 0.717) is 11.5 Å². The second-order valence-corrected chi connectivity index (χ2v) is 7.78. The summed E-state index contributed by atoms with van der Waals surface area (Å²) in [7, 11) is 0. The van der Waals surface area contributed by atoms with E-state index >= 15 is 0 Å². The molecule has 2 nitrogen and oxygen atoms in total. The van der Waals surface area contributed by atoms with Gasteiger partial charge >= 0.3 is 0 Å². The number of likely N-dealkylation sites (N-methyl/N-ethyl adjacent to an activating group) is 1. The van der Waals surface area contributed by atoms with Gasteiger partial charge in [-0.05, 0) is 36.3 Å². The highest BCUT2D eigenvalue weighted by Gasteiger charge is 2.28. The first-order chi connectivity index (χ1) is 9.96. The van der Waals surface area contributed by atoms with Crippen molar-refractivity contribution < 1.29 is 0 Å². The molecule has 1 saturated heterocycles. The minimum Gasteiger partial charge on any atom is -0.309 e. The minimum absolute atomic E-state index is 0.436. The molecule has 2 unspecified atom stereocenters. The first kappa shape index (κ1) is 16.5. The summed E-state index contributed by atoms with van der Waals surface area (Å²) in [6, 6.07) is 11.4. The van der Waals surface area contributed by atoms with Gasteiger partial charge in [0.25, 0.3) is 0 Å². The first-order valence-electron chi connectivity index (χ1n) is 8.46. The Bertz CT molecular complexity index is 407. The molecule has 1 aliphatic heterocycles. The number of likely N-dealkylation sites (tertiary alicyclic amines) is 1. The fourth-order valence-electron chi connectivity index (χ4n) is 3.58. The molecule has 21 heavy (non-hydrogen) atoms. The lowest BCUT2D eigenvalue weighted by atomic mass is 9.80. The lowest BCUT2D eigenvalue weighted by molar-refractivity contribution is 0.118. The highest BCUT2D eigenvalue weighted by atomic mass is 15.2. The molecule has 1 N–H and O–H groups in total. The van der Waals surface area contributed by atoms with E-state index in [9.17, 15) is 0 Å². The molecule has 0 saturated carbocycles. The van der Waals surface area contributed by atoms with E-state index in [0.717, 1.165) is 12.5 Å². The number of rotatable bonds is 5. The molecule has 1 heterocycles. The summed E-state index contributed by atoms with van der Waals surface area (Å²) in [6.07, 6.45) is 2.65. The summed E-state index contributed by atoms with van der Waals surface area (Å²) in [4.78, 5) is 2.61. The average Bonchev–Trinajstić information content (AvgIpc) is 2.44. The van der Waals surface area contributed by atoms with Crippen molar-refractivity contribution in [2.75, 3.05) is 19.6 Å². The maximum atomic E-state index is 3.78. The van der Waals surface area contributed by atoms with Crippen LogP contribution in [0.15, 0.2) is 30.3 Å². The van der Waals surface area contributed by atoms with Crippen molar-refractivity contribution in [3.63, 3.8) is 0 Å². The van der Waals surface area contributed by atoms with Crippen molar-refractivity contribution >= 4 is 0 Å². The number of piperidine rings is 1. The third-order valence-corrected chi connectivity index (χ3v) is 4.40. The summed E-state index contributed by atoms with van der Waals surface area (Å²) in [5, 5.41) is 3.78. The molecule has 118 valence electrons. The molecule has 0 amide bonds. The van der Waals surface area contributed by atoms with Gasteiger partial charge in [-0.25, -0.2) is 0 Å². The molecule has 0 aromatic heterocycles. The molecular formula is C19H32N2. The molecule has 0 aliphatic carbocycles. The van der Waals surface area contributed by atoms with E-state index in [1.54, 1.807) is 0 Å². The van der Waals surface area contributed by atoms with Gasteiger partial charge in [0.2, 0.25) is 0 Å². The van der Waals surface area contributed by atoms with E-state index in [4.69, 9.17) is 0 Å². The maximum absolute atomic E-state index is 3.78. The van der Waals surface area contributed by atoms with Crippen LogP contribution in [0, 0.1) is 11.3 Å². The predicted octanol–water partition coefficient (Wildman–Crippen LogP) is 3.92. The number of nitrogens with one attached hydrogen (secondary N) is 1. The second-order valence-electron chi connectivity index (χ2n) is 7.78. The summed E-state index contributed by atoms with van der Waals surface area (Å²) < 4.78 is 0. The van der Waals surface area contributed by atoms with Crippen molar-refractivity contribution in [2.24, 2.45) is 11.3 Å². The van der Waals surface area contributed by atoms with E-state index in [2.05, 4.69) is 68.2 Å². The number of hydrogen-bond acceptors (Lipinski definition) is 2. The normalized spacial score (nSPS) is 24.2. The van der Waals surface area contributed by atoms with Gasteiger partial charge in [0, 0.05) is 25.7 Å². The Morgan fingerprint density at radius 1 is 1.14 bits per heavy atom. The van der Waals surface area contributed by atoms with Crippen LogP contribution in [0.4, 0.5) is 0 Å². The Morgan fingerprint density at radius 2 is 1.86 bits per heavy atom. The molecule has 1 aromatic carbocycles. The van der Waals surface area contributed by atoms with E-state index in [1.165, 1.54) is 38.0 Å².